The number of carbonyl (C=O) groups excluding carboxylic acids is 1. The van der Waals surface area contributed by atoms with Crippen molar-refractivity contribution in [2.45, 2.75) is 38.6 Å². The van der Waals surface area contributed by atoms with Crippen molar-refractivity contribution >= 4 is 17.2 Å². The molecule has 1 aliphatic rings. The molecule has 1 aromatic rings. The largest absolute Gasteiger partial charge is 0.342 e. The number of nitrogens with one attached hydrogen (secondary N) is 1. The van der Waals surface area contributed by atoms with E-state index in [1.54, 1.807) is 11.3 Å². The zero-order valence-electron chi connectivity index (χ0n) is 10.9. The van der Waals surface area contributed by atoms with Crippen LogP contribution < -0.4 is 5.32 Å². The number of hydrogen-bond donors (Lipinski definition) is 1. The van der Waals surface area contributed by atoms with Crippen molar-refractivity contribution in [2.24, 2.45) is 0 Å². The van der Waals surface area contributed by atoms with Crippen LogP contribution in [0.4, 0.5) is 0 Å². The smallest absolute Gasteiger partial charge is 0.236 e. The summed E-state index contributed by atoms with van der Waals surface area (Å²) in [7, 11) is 0. The highest BCUT2D eigenvalue weighted by Gasteiger charge is 2.18. The summed E-state index contributed by atoms with van der Waals surface area (Å²) in [6.07, 6.45) is 6.33. The molecule has 1 atom stereocenters. The van der Waals surface area contributed by atoms with E-state index in [9.17, 15) is 4.79 Å². The predicted octanol–water partition coefficient (Wildman–Crippen LogP) is 2.20. The van der Waals surface area contributed by atoms with Gasteiger partial charge in [0.05, 0.1) is 12.6 Å². The molecule has 0 saturated carbocycles. The standard InChI is InChI=1S/C13H21N3OS/c1-2-11(13-14-6-9-18-13)15-10-12(17)16-7-4-3-5-8-16/h6,9,11,15H,2-5,7-8,10H2,1H3. The third kappa shape index (κ3) is 3.53. The molecule has 2 heterocycles. The van der Waals surface area contributed by atoms with Crippen LogP contribution in [-0.2, 0) is 4.79 Å². The van der Waals surface area contributed by atoms with E-state index in [2.05, 4.69) is 17.2 Å². The second kappa shape index (κ2) is 6.85. The molecule has 0 aromatic carbocycles. The maximum atomic E-state index is 12.0. The molecule has 0 aliphatic carbocycles. The number of thiazole rings is 1. The zero-order valence-corrected chi connectivity index (χ0v) is 11.7. The van der Waals surface area contributed by atoms with Crippen LogP contribution in [0.15, 0.2) is 11.6 Å². The molecule has 1 aromatic heterocycles. The average molecular weight is 267 g/mol. The van der Waals surface area contributed by atoms with Gasteiger partial charge in [-0.15, -0.1) is 11.3 Å². The summed E-state index contributed by atoms with van der Waals surface area (Å²) in [5.74, 6) is 0.227. The molecular formula is C13H21N3OS. The number of likely N-dealkylation sites (tertiary alicyclic amines) is 1. The highest BCUT2D eigenvalue weighted by atomic mass is 32.1. The van der Waals surface area contributed by atoms with Crippen LogP contribution in [0.1, 0.15) is 43.7 Å². The van der Waals surface area contributed by atoms with Gasteiger partial charge >= 0.3 is 0 Å². The van der Waals surface area contributed by atoms with E-state index in [-0.39, 0.29) is 11.9 Å². The van der Waals surface area contributed by atoms with Crippen molar-refractivity contribution in [2.75, 3.05) is 19.6 Å². The van der Waals surface area contributed by atoms with E-state index in [4.69, 9.17) is 0 Å². The molecular weight excluding hydrogens is 246 g/mol. The summed E-state index contributed by atoms with van der Waals surface area (Å²) >= 11 is 1.64. The number of nitrogens with zero attached hydrogens (tertiary/aromatic N) is 2. The summed E-state index contributed by atoms with van der Waals surface area (Å²) in [6, 6.07) is 0.207. The molecule has 2 rings (SSSR count). The fourth-order valence-corrected chi connectivity index (χ4v) is 3.08. The molecule has 1 saturated heterocycles. The van der Waals surface area contributed by atoms with Gasteiger partial charge in [0.25, 0.3) is 0 Å². The van der Waals surface area contributed by atoms with E-state index >= 15 is 0 Å². The SMILES string of the molecule is CCC(NCC(=O)N1CCCCC1)c1nccs1. The number of hydrogen-bond acceptors (Lipinski definition) is 4. The lowest BCUT2D eigenvalue weighted by Gasteiger charge is -2.27. The first-order valence-electron chi connectivity index (χ1n) is 6.71. The van der Waals surface area contributed by atoms with Crippen LogP contribution in [-0.4, -0.2) is 35.4 Å². The topological polar surface area (TPSA) is 45.2 Å². The number of aromatic nitrogens is 1. The van der Waals surface area contributed by atoms with E-state index in [0.29, 0.717) is 6.54 Å². The monoisotopic (exact) mass is 267 g/mol. The summed E-state index contributed by atoms with van der Waals surface area (Å²) in [5, 5.41) is 6.38. The maximum Gasteiger partial charge on any atom is 0.236 e. The Morgan fingerprint density at radius 2 is 2.28 bits per heavy atom. The van der Waals surface area contributed by atoms with Crippen LogP contribution in [0.2, 0.25) is 0 Å². The van der Waals surface area contributed by atoms with Crippen LogP contribution >= 0.6 is 11.3 Å². The highest BCUT2D eigenvalue weighted by Crippen LogP contribution is 2.18. The Labute approximate surface area is 112 Å². The summed E-state index contributed by atoms with van der Waals surface area (Å²) in [5.41, 5.74) is 0. The van der Waals surface area contributed by atoms with Gasteiger partial charge in [0, 0.05) is 24.7 Å². The first-order valence-corrected chi connectivity index (χ1v) is 7.59. The Morgan fingerprint density at radius 1 is 1.50 bits per heavy atom. The van der Waals surface area contributed by atoms with Crippen molar-refractivity contribution in [3.63, 3.8) is 0 Å². The molecule has 1 fully saturated rings. The Kier molecular flexibility index (Phi) is 5.13. The molecule has 5 heteroatoms. The van der Waals surface area contributed by atoms with Gasteiger partial charge in [0.2, 0.25) is 5.91 Å². The molecule has 0 radical (unpaired) electrons. The summed E-state index contributed by atoms with van der Waals surface area (Å²) in [6.45, 7) is 4.39. The van der Waals surface area contributed by atoms with E-state index in [1.165, 1.54) is 6.42 Å². The molecule has 1 amide bonds. The predicted molar refractivity (Wildman–Crippen MR) is 73.6 cm³/mol. The van der Waals surface area contributed by atoms with Gasteiger partial charge in [-0.05, 0) is 25.7 Å². The average Bonchev–Trinajstić information content (AvgIpc) is 2.94. The molecule has 100 valence electrons. The Hall–Kier alpha value is -0.940. The lowest BCUT2D eigenvalue weighted by Crippen LogP contribution is -2.41. The van der Waals surface area contributed by atoms with Gasteiger partial charge in [0.1, 0.15) is 5.01 Å². The van der Waals surface area contributed by atoms with Gasteiger partial charge < -0.3 is 4.90 Å². The van der Waals surface area contributed by atoms with Gasteiger partial charge in [-0.1, -0.05) is 6.92 Å². The van der Waals surface area contributed by atoms with Crippen molar-refractivity contribution in [3.8, 4) is 0 Å². The highest BCUT2D eigenvalue weighted by molar-refractivity contribution is 7.09. The lowest BCUT2D eigenvalue weighted by atomic mass is 10.1. The van der Waals surface area contributed by atoms with E-state index in [1.807, 2.05) is 16.5 Å². The first kappa shape index (κ1) is 13.5. The fraction of sp³-hybridized carbons (Fsp3) is 0.692. The minimum Gasteiger partial charge on any atom is -0.342 e. The Morgan fingerprint density at radius 3 is 2.89 bits per heavy atom. The number of amides is 1. The van der Waals surface area contributed by atoms with Gasteiger partial charge in [0.15, 0.2) is 0 Å². The van der Waals surface area contributed by atoms with Crippen LogP contribution in [0.25, 0.3) is 0 Å². The molecule has 0 spiro atoms. The number of piperidine rings is 1. The van der Waals surface area contributed by atoms with Crippen LogP contribution in [0.5, 0.6) is 0 Å². The fourth-order valence-electron chi connectivity index (χ4n) is 2.28. The number of rotatable bonds is 5. The zero-order chi connectivity index (χ0) is 12.8. The van der Waals surface area contributed by atoms with E-state index in [0.717, 1.165) is 37.4 Å². The van der Waals surface area contributed by atoms with Crippen molar-refractivity contribution in [1.29, 1.82) is 0 Å². The molecule has 0 bridgehead atoms. The molecule has 4 nitrogen and oxygen atoms in total. The van der Waals surface area contributed by atoms with E-state index < -0.39 is 0 Å². The first-order chi connectivity index (χ1) is 8.81. The Balaban J connectivity index is 1.80. The van der Waals surface area contributed by atoms with Crippen LogP contribution in [0, 0.1) is 0 Å². The van der Waals surface area contributed by atoms with Crippen molar-refractivity contribution in [3.05, 3.63) is 16.6 Å². The second-order valence-corrected chi connectivity index (χ2v) is 5.58. The third-order valence-corrected chi connectivity index (χ3v) is 4.26. The van der Waals surface area contributed by atoms with Crippen LogP contribution in [0.3, 0.4) is 0 Å². The second-order valence-electron chi connectivity index (χ2n) is 4.65. The molecule has 1 unspecified atom stereocenters. The summed E-state index contributed by atoms with van der Waals surface area (Å²) < 4.78 is 0. The minimum atomic E-state index is 0.207. The quantitative estimate of drug-likeness (QED) is 0.889. The van der Waals surface area contributed by atoms with Crippen molar-refractivity contribution in [1.82, 2.24) is 15.2 Å². The van der Waals surface area contributed by atoms with Crippen molar-refractivity contribution < 1.29 is 4.79 Å². The Bertz CT molecular complexity index is 360. The van der Waals surface area contributed by atoms with Gasteiger partial charge in [-0.25, -0.2) is 4.98 Å². The maximum absolute atomic E-state index is 12.0. The number of carbonyl (C=O) groups is 1. The molecule has 18 heavy (non-hydrogen) atoms. The van der Waals surface area contributed by atoms with Gasteiger partial charge in [-0.3, -0.25) is 10.1 Å². The minimum absolute atomic E-state index is 0.207. The normalized spacial score (nSPS) is 17.7. The summed E-state index contributed by atoms with van der Waals surface area (Å²) in [4.78, 5) is 18.3. The lowest BCUT2D eigenvalue weighted by molar-refractivity contribution is -0.131. The molecule has 1 aliphatic heterocycles. The third-order valence-electron chi connectivity index (χ3n) is 3.37. The van der Waals surface area contributed by atoms with Gasteiger partial charge in [-0.2, -0.15) is 0 Å². The molecule has 1 N–H and O–H groups in total.